The molecule has 2 atom stereocenters. The third kappa shape index (κ3) is 3.36. The number of carbonyl (C=O) groups is 2. The van der Waals surface area contributed by atoms with Gasteiger partial charge < -0.3 is 20.5 Å². The van der Waals surface area contributed by atoms with Crippen LogP contribution in [-0.4, -0.2) is 48.3 Å². The quantitative estimate of drug-likeness (QED) is 0.851. The largest absolute Gasteiger partial charge is 0.481 e. The number of aliphatic carboxylic acids is 1. The van der Waals surface area contributed by atoms with E-state index in [9.17, 15) is 14.7 Å². The summed E-state index contributed by atoms with van der Waals surface area (Å²) >= 11 is 0. The zero-order chi connectivity index (χ0) is 19.7. The van der Waals surface area contributed by atoms with E-state index in [4.69, 9.17) is 10.5 Å². The van der Waals surface area contributed by atoms with Crippen molar-refractivity contribution in [1.29, 1.82) is 0 Å². The van der Waals surface area contributed by atoms with E-state index in [0.717, 1.165) is 11.1 Å². The molecule has 1 aliphatic heterocycles. The summed E-state index contributed by atoms with van der Waals surface area (Å²) in [5, 5.41) is 9.35. The molecule has 1 amide bonds. The molecule has 6 heteroatoms. The number of likely N-dealkylation sites (tertiary alicyclic amines) is 1. The number of carbonyl (C=O) groups excluding carboxylic acids is 1. The zero-order valence-corrected chi connectivity index (χ0v) is 15.6. The fourth-order valence-electron chi connectivity index (χ4n) is 4.39. The molecule has 4 rings (SSSR count). The summed E-state index contributed by atoms with van der Waals surface area (Å²) in [5.41, 5.74) is 10.4. The molecule has 1 heterocycles. The summed E-state index contributed by atoms with van der Waals surface area (Å²) in [6.07, 6.45) is 0.0326. The minimum absolute atomic E-state index is 0.0123. The number of nitrogens with two attached hydrogens (primary N) is 1. The average molecular weight is 380 g/mol. The van der Waals surface area contributed by atoms with Crippen molar-refractivity contribution in [3.05, 3.63) is 59.7 Å². The third-order valence-electron chi connectivity index (χ3n) is 5.81. The van der Waals surface area contributed by atoms with E-state index < -0.39 is 18.0 Å². The maximum Gasteiger partial charge on any atom is 0.409 e. The molecule has 2 aromatic rings. The number of ether oxygens (including phenoxy) is 1. The summed E-state index contributed by atoms with van der Waals surface area (Å²) in [4.78, 5) is 25.6. The number of carboxylic acids is 1. The van der Waals surface area contributed by atoms with Crippen LogP contribution >= 0.6 is 0 Å². The van der Waals surface area contributed by atoms with Crippen molar-refractivity contribution in [3.8, 4) is 11.1 Å². The van der Waals surface area contributed by atoms with E-state index in [2.05, 4.69) is 24.3 Å². The van der Waals surface area contributed by atoms with Crippen LogP contribution in [-0.2, 0) is 9.53 Å². The Balaban J connectivity index is 1.48. The lowest BCUT2D eigenvalue weighted by Crippen LogP contribution is -2.48. The molecule has 2 unspecified atom stereocenters. The van der Waals surface area contributed by atoms with Crippen LogP contribution in [0.3, 0.4) is 0 Å². The molecule has 0 radical (unpaired) electrons. The molecular formula is C22H24N2O4. The molecule has 2 aliphatic rings. The van der Waals surface area contributed by atoms with Crippen LogP contribution in [0.1, 0.15) is 23.5 Å². The van der Waals surface area contributed by atoms with Crippen molar-refractivity contribution in [2.24, 2.45) is 17.6 Å². The summed E-state index contributed by atoms with van der Waals surface area (Å²) in [6.45, 7) is 1.20. The molecule has 3 N–H and O–H groups in total. The summed E-state index contributed by atoms with van der Waals surface area (Å²) in [7, 11) is 0. The van der Waals surface area contributed by atoms with Crippen molar-refractivity contribution in [1.82, 2.24) is 4.90 Å². The highest BCUT2D eigenvalue weighted by Crippen LogP contribution is 2.44. The molecule has 2 aromatic carbocycles. The standard InChI is InChI=1S/C22H24N2O4/c23-10-14-9-15(21(25)26)12-24(11-14)22(27)28-13-20-18-7-3-1-5-16(18)17-6-2-4-8-19(17)20/h1-8,14-15,20H,9-13,23H2,(H,25,26). The number of piperidine rings is 1. The Kier molecular flexibility index (Phi) is 5.05. The van der Waals surface area contributed by atoms with Gasteiger partial charge >= 0.3 is 12.1 Å². The summed E-state index contributed by atoms with van der Waals surface area (Å²) in [6, 6.07) is 16.3. The normalized spacial score (nSPS) is 21.1. The van der Waals surface area contributed by atoms with Gasteiger partial charge in [-0.05, 0) is 41.1 Å². The van der Waals surface area contributed by atoms with E-state index in [1.807, 2.05) is 24.3 Å². The smallest absolute Gasteiger partial charge is 0.409 e. The molecule has 0 aromatic heterocycles. The molecule has 0 saturated carbocycles. The predicted octanol–water partition coefficient (Wildman–Crippen LogP) is 2.92. The van der Waals surface area contributed by atoms with Gasteiger partial charge in [-0.1, -0.05) is 48.5 Å². The Hall–Kier alpha value is -2.86. The van der Waals surface area contributed by atoms with Gasteiger partial charge in [0.25, 0.3) is 0 Å². The Labute approximate surface area is 163 Å². The van der Waals surface area contributed by atoms with Crippen molar-refractivity contribution in [3.63, 3.8) is 0 Å². The lowest BCUT2D eigenvalue weighted by atomic mass is 9.89. The average Bonchev–Trinajstić information content (AvgIpc) is 3.05. The number of nitrogens with zero attached hydrogens (tertiary/aromatic N) is 1. The number of amides is 1. The lowest BCUT2D eigenvalue weighted by molar-refractivity contribution is -0.144. The molecule has 1 aliphatic carbocycles. The first kappa shape index (κ1) is 18.5. The maximum absolute atomic E-state index is 12.7. The predicted molar refractivity (Wildman–Crippen MR) is 105 cm³/mol. The molecule has 1 fully saturated rings. The first-order valence-electron chi connectivity index (χ1n) is 9.61. The second kappa shape index (κ2) is 7.64. The van der Waals surface area contributed by atoms with Gasteiger partial charge in [-0.25, -0.2) is 4.79 Å². The van der Waals surface area contributed by atoms with E-state index in [1.165, 1.54) is 16.0 Å². The molecule has 0 bridgehead atoms. The SMILES string of the molecule is NCC1CC(C(=O)O)CN(C(=O)OCC2c3ccccc3-c3ccccc32)C1. The molecule has 0 spiro atoms. The van der Waals surface area contributed by atoms with Gasteiger partial charge in [0.05, 0.1) is 5.92 Å². The minimum atomic E-state index is -0.894. The molecule has 28 heavy (non-hydrogen) atoms. The number of carboxylic acid groups (broad SMARTS) is 1. The Morgan fingerprint density at radius 3 is 2.21 bits per heavy atom. The summed E-state index contributed by atoms with van der Waals surface area (Å²) in [5.74, 6) is -1.52. The second-order valence-electron chi connectivity index (χ2n) is 7.58. The van der Waals surface area contributed by atoms with Gasteiger partial charge in [0.1, 0.15) is 6.61 Å². The number of benzene rings is 2. The van der Waals surface area contributed by atoms with Gasteiger partial charge in [0, 0.05) is 19.0 Å². The first-order chi connectivity index (χ1) is 13.6. The molecule has 1 saturated heterocycles. The summed E-state index contributed by atoms with van der Waals surface area (Å²) < 4.78 is 5.65. The van der Waals surface area contributed by atoms with Crippen molar-refractivity contribution < 1.29 is 19.4 Å². The maximum atomic E-state index is 12.7. The Morgan fingerprint density at radius 1 is 1.04 bits per heavy atom. The van der Waals surface area contributed by atoms with Crippen molar-refractivity contribution >= 4 is 12.1 Å². The number of rotatable bonds is 4. The topological polar surface area (TPSA) is 92.9 Å². The second-order valence-corrected chi connectivity index (χ2v) is 7.58. The zero-order valence-electron chi connectivity index (χ0n) is 15.6. The third-order valence-corrected chi connectivity index (χ3v) is 5.81. The van der Waals surface area contributed by atoms with Gasteiger partial charge in [0.15, 0.2) is 0 Å². The number of fused-ring (bicyclic) bond motifs is 3. The van der Waals surface area contributed by atoms with Crippen LogP contribution in [0.25, 0.3) is 11.1 Å². The van der Waals surface area contributed by atoms with Gasteiger partial charge in [-0.2, -0.15) is 0 Å². The highest BCUT2D eigenvalue weighted by molar-refractivity contribution is 5.79. The van der Waals surface area contributed by atoms with Gasteiger partial charge in [-0.3, -0.25) is 4.79 Å². The van der Waals surface area contributed by atoms with E-state index in [0.29, 0.717) is 19.5 Å². The van der Waals surface area contributed by atoms with Crippen LogP contribution in [0.15, 0.2) is 48.5 Å². The first-order valence-corrected chi connectivity index (χ1v) is 9.61. The van der Waals surface area contributed by atoms with Crippen molar-refractivity contribution in [2.75, 3.05) is 26.2 Å². The van der Waals surface area contributed by atoms with Crippen LogP contribution in [0.2, 0.25) is 0 Å². The van der Waals surface area contributed by atoms with Gasteiger partial charge in [-0.15, -0.1) is 0 Å². The highest BCUT2D eigenvalue weighted by Gasteiger charge is 2.35. The Morgan fingerprint density at radius 2 is 1.64 bits per heavy atom. The van der Waals surface area contributed by atoms with Crippen LogP contribution in [0, 0.1) is 11.8 Å². The highest BCUT2D eigenvalue weighted by atomic mass is 16.6. The fraction of sp³-hybridized carbons (Fsp3) is 0.364. The molecule has 146 valence electrons. The monoisotopic (exact) mass is 380 g/mol. The van der Waals surface area contributed by atoms with Crippen LogP contribution in [0.5, 0.6) is 0 Å². The van der Waals surface area contributed by atoms with E-state index in [-0.39, 0.29) is 25.0 Å². The van der Waals surface area contributed by atoms with Crippen LogP contribution < -0.4 is 5.73 Å². The van der Waals surface area contributed by atoms with E-state index >= 15 is 0 Å². The fourth-order valence-corrected chi connectivity index (χ4v) is 4.39. The number of hydrogen-bond acceptors (Lipinski definition) is 4. The lowest BCUT2D eigenvalue weighted by Gasteiger charge is -2.35. The Bertz CT molecular complexity index is 852. The number of hydrogen-bond donors (Lipinski definition) is 2. The molecular weight excluding hydrogens is 356 g/mol. The van der Waals surface area contributed by atoms with Gasteiger partial charge in [0.2, 0.25) is 0 Å². The van der Waals surface area contributed by atoms with E-state index in [1.54, 1.807) is 0 Å². The minimum Gasteiger partial charge on any atom is -0.481 e. The van der Waals surface area contributed by atoms with Crippen molar-refractivity contribution in [2.45, 2.75) is 12.3 Å². The van der Waals surface area contributed by atoms with Crippen LogP contribution in [0.4, 0.5) is 4.79 Å². The molecule has 6 nitrogen and oxygen atoms in total.